The maximum atomic E-state index is 13.6. The third kappa shape index (κ3) is 4.06. The molecule has 0 radical (unpaired) electrons. The van der Waals surface area contributed by atoms with Crippen LogP contribution in [-0.2, 0) is 11.3 Å². The lowest BCUT2D eigenvalue weighted by Gasteiger charge is -2.36. The highest BCUT2D eigenvalue weighted by Crippen LogP contribution is 2.38. The Morgan fingerprint density at radius 3 is 2.62 bits per heavy atom. The van der Waals surface area contributed by atoms with Crippen molar-refractivity contribution in [2.75, 3.05) is 14.2 Å². The molecule has 0 saturated heterocycles. The average Bonchev–Trinajstić information content (AvgIpc) is 3.08. The molecule has 1 heterocycles. The van der Waals surface area contributed by atoms with Crippen molar-refractivity contribution in [2.45, 2.75) is 51.7 Å². The van der Waals surface area contributed by atoms with Crippen molar-refractivity contribution < 1.29 is 19.1 Å². The molecular weight excluding hydrogens is 404 g/mol. The molecule has 6 nitrogen and oxygen atoms in total. The number of nitrogens with one attached hydrogen (secondary N) is 1. The molecular formula is C26H32N2O4. The van der Waals surface area contributed by atoms with Gasteiger partial charge in [0.05, 0.1) is 20.8 Å². The van der Waals surface area contributed by atoms with Crippen molar-refractivity contribution in [1.29, 1.82) is 0 Å². The minimum absolute atomic E-state index is 0.115. The van der Waals surface area contributed by atoms with E-state index in [4.69, 9.17) is 9.47 Å². The highest BCUT2D eigenvalue weighted by molar-refractivity contribution is 6.04. The van der Waals surface area contributed by atoms with Crippen LogP contribution in [0.25, 0.3) is 0 Å². The Morgan fingerprint density at radius 2 is 1.88 bits per heavy atom. The molecule has 2 aromatic rings. The van der Waals surface area contributed by atoms with Crippen LogP contribution in [0.15, 0.2) is 42.5 Å². The van der Waals surface area contributed by atoms with Gasteiger partial charge in [0, 0.05) is 17.2 Å². The van der Waals surface area contributed by atoms with Crippen molar-refractivity contribution in [3.63, 3.8) is 0 Å². The monoisotopic (exact) mass is 436 g/mol. The topological polar surface area (TPSA) is 67.9 Å². The Hall–Kier alpha value is -3.02. The van der Waals surface area contributed by atoms with Gasteiger partial charge < -0.3 is 19.7 Å². The number of rotatable bonds is 6. The van der Waals surface area contributed by atoms with Gasteiger partial charge >= 0.3 is 0 Å². The summed E-state index contributed by atoms with van der Waals surface area (Å²) >= 11 is 0. The summed E-state index contributed by atoms with van der Waals surface area (Å²) in [6, 6.07) is 12.4. The minimum atomic E-state index is -0.668. The first-order chi connectivity index (χ1) is 15.4. The molecule has 2 aliphatic rings. The molecule has 32 heavy (non-hydrogen) atoms. The van der Waals surface area contributed by atoms with Gasteiger partial charge in [-0.2, -0.15) is 0 Å². The van der Waals surface area contributed by atoms with E-state index in [1.54, 1.807) is 25.2 Å². The lowest BCUT2D eigenvalue weighted by Crippen LogP contribution is -2.48. The second kappa shape index (κ2) is 9.23. The van der Waals surface area contributed by atoms with Crippen molar-refractivity contribution in [2.24, 2.45) is 11.8 Å². The number of nitrogens with zero attached hydrogens (tertiary/aromatic N) is 1. The molecule has 6 heteroatoms. The standard InChI is InChI=1S/C26H32N2O4/c1-16-8-7-11-22(17(16)2)27-25(29)24-20-9-5-6-10-21(20)26(30)28(24)15-18-14-19(31-3)12-13-23(18)32-4/h5-6,9-10,12-14,16-17,22,24H,7-8,11,15H2,1-4H3,(H,27,29)/t16-,17-,22+,24+/m0/s1. The summed E-state index contributed by atoms with van der Waals surface area (Å²) in [6.45, 7) is 4.71. The summed E-state index contributed by atoms with van der Waals surface area (Å²) in [4.78, 5) is 28.6. The fourth-order valence-electron chi connectivity index (χ4n) is 5.05. The fourth-order valence-corrected chi connectivity index (χ4v) is 5.05. The summed E-state index contributed by atoms with van der Waals surface area (Å²) < 4.78 is 10.9. The molecule has 4 atom stereocenters. The molecule has 1 aliphatic heterocycles. The van der Waals surface area contributed by atoms with E-state index in [2.05, 4.69) is 19.2 Å². The molecule has 4 rings (SSSR count). The van der Waals surface area contributed by atoms with Gasteiger partial charge in [-0.25, -0.2) is 0 Å². The van der Waals surface area contributed by atoms with Gasteiger partial charge in [0.2, 0.25) is 5.91 Å². The van der Waals surface area contributed by atoms with Crippen LogP contribution in [0, 0.1) is 11.8 Å². The zero-order chi connectivity index (χ0) is 22.8. The molecule has 0 bridgehead atoms. The molecule has 170 valence electrons. The number of hydrogen-bond acceptors (Lipinski definition) is 4. The van der Waals surface area contributed by atoms with Gasteiger partial charge in [-0.3, -0.25) is 9.59 Å². The lowest BCUT2D eigenvalue weighted by atomic mass is 9.78. The molecule has 1 fully saturated rings. The summed E-state index contributed by atoms with van der Waals surface area (Å²) in [6.07, 6.45) is 3.28. The Labute approximate surface area is 189 Å². The number of amides is 2. The molecule has 2 aromatic carbocycles. The molecule has 1 N–H and O–H groups in total. The van der Waals surface area contributed by atoms with Crippen LogP contribution >= 0.6 is 0 Å². The number of hydrogen-bond donors (Lipinski definition) is 1. The van der Waals surface area contributed by atoms with Gasteiger partial charge in [0.25, 0.3) is 5.91 Å². The Morgan fingerprint density at radius 1 is 1.09 bits per heavy atom. The zero-order valence-electron chi connectivity index (χ0n) is 19.3. The molecule has 0 aromatic heterocycles. The average molecular weight is 437 g/mol. The number of methoxy groups -OCH3 is 2. The second-order valence-electron chi connectivity index (χ2n) is 8.98. The summed E-state index contributed by atoms with van der Waals surface area (Å²) in [5, 5.41) is 3.28. The maximum absolute atomic E-state index is 13.6. The Bertz CT molecular complexity index is 1010. The fraction of sp³-hybridized carbons (Fsp3) is 0.462. The van der Waals surface area contributed by atoms with E-state index >= 15 is 0 Å². The number of benzene rings is 2. The predicted octanol–water partition coefficient (Wildman–Crippen LogP) is 4.34. The molecule has 0 spiro atoms. The molecule has 1 aliphatic carbocycles. The van der Waals surface area contributed by atoms with E-state index in [0.717, 1.165) is 24.0 Å². The van der Waals surface area contributed by atoms with Gasteiger partial charge in [-0.15, -0.1) is 0 Å². The summed E-state index contributed by atoms with van der Waals surface area (Å²) in [7, 11) is 3.20. The minimum Gasteiger partial charge on any atom is -0.497 e. The number of carbonyl (C=O) groups is 2. The quantitative estimate of drug-likeness (QED) is 0.731. The Kier molecular flexibility index (Phi) is 6.40. The van der Waals surface area contributed by atoms with Gasteiger partial charge in [0.1, 0.15) is 17.5 Å². The van der Waals surface area contributed by atoms with Crippen molar-refractivity contribution in [1.82, 2.24) is 10.2 Å². The Balaban J connectivity index is 1.65. The number of fused-ring (bicyclic) bond motifs is 1. The molecule has 1 saturated carbocycles. The van der Waals surface area contributed by atoms with Crippen molar-refractivity contribution >= 4 is 11.8 Å². The van der Waals surface area contributed by atoms with E-state index in [1.807, 2.05) is 36.4 Å². The van der Waals surface area contributed by atoms with Crippen LogP contribution < -0.4 is 14.8 Å². The van der Waals surface area contributed by atoms with Gasteiger partial charge in [-0.1, -0.05) is 44.9 Å². The first-order valence-electron chi connectivity index (χ1n) is 11.4. The van der Waals surface area contributed by atoms with E-state index in [1.165, 1.54) is 6.42 Å². The van der Waals surface area contributed by atoms with E-state index in [-0.39, 0.29) is 24.4 Å². The summed E-state index contributed by atoms with van der Waals surface area (Å²) in [5.74, 6) is 2.06. The lowest BCUT2D eigenvalue weighted by molar-refractivity contribution is -0.127. The second-order valence-corrected chi connectivity index (χ2v) is 8.98. The van der Waals surface area contributed by atoms with Gasteiger partial charge in [-0.05, 0) is 48.1 Å². The van der Waals surface area contributed by atoms with E-state index in [0.29, 0.717) is 28.9 Å². The predicted molar refractivity (Wildman–Crippen MR) is 123 cm³/mol. The number of ether oxygens (including phenoxy) is 2. The largest absolute Gasteiger partial charge is 0.497 e. The first-order valence-corrected chi connectivity index (χ1v) is 11.4. The maximum Gasteiger partial charge on any atom is 0.255 e. The molecule has 2 amide bonds. The van der Waals surface area contributed by atoms with Crippen LogP contribution in [-0.4, -0.2) is 37.0 Å². The van der Waals surface area contributed by atoms with Crippen molar-refractivity contribution in [3.05, 3.63) is 59.2 Å². The summed E-state index contributed by atoms with van der Waals surface area (Å²) in [5.41, 5.74) is 2.14. The van der Waals surface area contributed by atoms with Crippen LogP contribution in [0.2, 0.25) is 0 Å². The smallest absolute Gasteiger partial charge is 0.255 e. The SMILES string of the molecule is COc1ccc(OC)c(CN2C(=O)c3ccccc3[C@@H]2C(=O)N[C@@H]2CCC[C@H](C)[C@@H]2C)c1. The van der Waals surface area contributed by atoms with E-state index < -0.39 is 6.04 Å². The third-order valence-corrected chi connectivity index (χ3v) is 7.17. The van der Waals surface area contributed by atoms with Crippen molar-refractivity contribution in [3.8, 4) is 11.5 Å². The van der Waals surface area contributed by atoms with Crippen LogP contribution in [0.5, 0.6) is 11.5 Å². The highest BCUT2D eigenvalue weighted by atomic mass is 16.5. The first kappa shape index (κ1) is 22.2. The highest BCUT2D eigenvalue weighted by Gasteiger charge is 2.42. The van der Waals surface area contributed by atoms with Crippen LogP contribution in [0.4, 0.5) is 0 Å². The third-order valence-electron chi connectivity index (χ3n) is 7.17. The normalized spacial score (nSPS) is 24.8. The van der Waals surface area contributed by atoms with Crippen LogP contribution in [0.3, 0.4) is 0 Å². The van der Waals surface area contributed by atoms with Crippen LogP contribution in [0.1, 0.15) is 60.6 Å². The number of carbonyl (C=O) groups excluding carboxylic acids is 2. The van der Waals surface area contributed by atoms with E-state index in [9.17, 15) is 9.59 Å². The van der Waals surface area contributed by atoms with Gasteiger partial charge in [0.15, 0.2) is 0 Å². The molecule has 0 unspecified atom stereocenters. The zero-order valence-corrected chi connectivity index (χ0v) is 19.3.